The summed E-state index contributed by atoms with van der Waals surface area (Å²) in [7, 11) is 0. The third-order valence-corrected chi connectivity index (χ3v) is 1.80. The minimum Gasteiger partial charge on any atom is -0.311 e. The maximum absolute atomic E-state index is 11.4. The molecule has 0 unspecified atom stereocenters. The van der Waals surface area contributed by atoms with Gasteiger partial charge in [-0.05, 0) is 12.5 Å². The molecule has 0 aliphatic heterocycles. The molecule has 0 saturated carbocycles. The maximum Gasteiger partial charge on any atom is 0.267 e. The summed E-state index contributed by atoms with van der Waals surface area (Å²) in [6, 6.07) is 1.58. The van der Waals surface area contributed by atoms with Gasteiger partial charge >= 0.3 is 0 Å². The lowest BCUT2D eigenvalue weighted by atomic mass is 10.3. The molecule has 0 radical (unpaired) electrons. The van der Waals surface area contributed by atoms with Crippen LogP contribution in [0.1, 0.15) is 5.56 Å². The van der Waals surface area contributed by atoms with E-state index in [0.717, 1.165) is 18.7 Å². The van der Waals surface area contributed by atoms with Crippen molar-refractivity contribution in [2.24, 2.45) is 0 Å². The predicted octanol–water partition coefficient (Wildman–Crippen LogP) is 0.327. The highest BCUT2D eigenvalue weighted by molar-refractivity contribution is 5.02. The van der Waals surface area contributed by atoms with Crippen molar-refractivity contribution < 1.29 is 0 Å². The average Bonchev–Trinajstić information content (AvgIpc) is 2.15. The summed E-state index contributed by atoms with van der Waals surface area (Å²) in [5, 5.41) is 7.12. The molecule has 4 heteroatoms. The Kier molecular flexibility index (Phi) is 4.07. The lowest BCUT2D eigenvalue weighted by molar-refractivity contribution is 0.544. The first-order valence-corrected chi connectivity index (χ1v) is 4.59. The SMILES string of the molecule is C=CCNCCn1ncc(C)cc1=O. The molecule has 4 nitrogen and oxygen atoms in total. The molecule has 1 N–H and O–H groups in total. The van der Waals surface area contributed by atoms with Crippen molar-refractivity contribution in [3.63, 3.8) is 0 Å². The zero-order chi connectivity index (χ0) is 10.4. The van der Waals surface area contributed by atoms with E-state index in [0.29, 0.717) is 6.54 Å². The first kappa shape index (κ1) is 10.7. The van der Waals surface area contributed by atoms with Crippen molar-refractivity contribution in [1.82, 2.24) is 15.1 Å². The van der Waals surface area contributed by atoms with E-state index in [-0.39, 0.29) is 5.56 Å². The smallest absolute Gasteiger partial charge is 0.267 e. The van der Waals surface area contributed by atoms with Gasteiger partial charge in [-0.25, -0.2) is 4.68 Å². The van der Waals surface area contributed by atoms with Gasteiger partial charge in [0.1, 0.15) is 0 Å². The van der Waals surface area contributed by atoms with Crippen LogP contribution in [0.15, 0.2) is 29.7 Å². The Morgan fingerprint density at radius 3 is 3.14 bits per heavy atom. The van der Waals surface area contributed by atoms with Gasteiger partial charge in [0.05, 0.1) is 12.7 Å². The van der Waals surface area contributed by atoms with Crippen LogP contribution in [0.25, 0.3) is 0 Å². The largest absolute Gasteiger partial charge is 0.311 e. The Labute approximate surface area is 83.3 Å². The van der Waals surface area contributed by atoms with Crippen LogP contribution in [0.3, 0.4) is 0 Å². The second-order valence-corrected chi connectivity index (χ2v) is 3.09. The van der Waals surface area contributed by atoms with E-state index >= 15 is 0 Å². The highest BCUT2D eigenvalue weighted by Gasteiger charge is 1.95. The summed E-state index contributed by atoms with van der Waals surface area (Å²) in [5.74, 6) is 0. The summed E-state index contributed by atoms with van der Waals surface area (Å²) in [6.45, 7) is 7.51. The molecule has 0 spiro atoms. The lowest BCUT2D eigenvalue weighted by Gasteiger charge is -2.04. The quantitative estimate of drug-likeness (QED) is 0.541. The summed E-state index contributed by atoms with van der Waals surface area (Å²) in [5.41, 5.74) is 0.843. The second kappa shape index (κ2) is 5.34. The highest BCUT2D eigenvalue weighted by Crippen LogP contribution is 1.85. The summed E-state index contributed by atoms with van der Waals surface area (Å²) in [4.78, 5) is 11.4. The summed E-state index contributed by atoms with van der Waals surface area (Å²) in [6.07, 6.45) is 3.47. The molecule has 0 aliphatic carbocycles. The number of nitrogens with one attached hydrogen (secondary N) is 1. The molecule has 1 aromatic rings. The molecule has 0 amide bonds. The molecule has 0 saturated heterocycles. The van der Waals surface area contributed by atoms with Crippen LogP contribution < -0.4 is 10.9 Å². The molecule has 0 aliphatic rings. The molecule has 14 heavy (non-hydrogen) atoms. The minimum atomic E-state index is -0.0506. The first-order chi connectivity index (χ1) is 6.74. The molecular formula is C10H15N3O. The van der Waals surface area contributed by atoms with Crippen LogP contribution in [0.5, 0.6) is 0 Å². The molecule has 0 bridgehead atoms. The van der Waals surface area contributed by atoms with E-state index in [2.05, 4.69) is 17.0 Å². The number of nitrogens with zero attached hydrogens (tertiary/aromatic N) is 2. The van der Waals surface area contributed by atoms with Crippen LogP contribution in [-0.4, -0.2) is 22.9 Å². The van der Waals surface area contributed by atoms with Gasteiger partial charge in [-0.2, -0.15) is 5.10 Å². The standard InChI is InChI=1S/C10H15N3O/c1-3-4-11-5-6-13-10(14)7-9(2)8-12-13/h3,7-8,11H,1,4-6H2,2H3. The Morgan fingerprint density at radius 2 is 2.50 bits per heavy atom. The van der Waals surface area contributed by atoms with E-state index in [4.69, 9.17) is 0 Å². The van der Waals surface area contributed by atoms with Crippen molar-refractivity contribution in [3.8, 4) is 0 Å². The van der Waals surface area contributed by atoms with Crippen molar-refractivity contribution in [2.75, 3.05) is 13.1 Å². The Morgan fingerprint density at radius 1 is 1.71 bits per heavy atom. The van der Waals surface area contributed by atoms with E-state index in [9.17, 15) is 4.79 Å². The first-order valence-electron chi connectivity index (χ1n) is 4.59. The van der Waals surface area contributed by atoms with Gasteiger partial charge in [-0.3, -0.25) is 4.79 Å². The van der Waals surface area contributed by atoms with Crippen LogP contribution >= 0.6 is 0 Å². The lowest BCUT2D eigenvalue weighted by Crippen LogP contribution is -2.28. The number of hydrogen-bond acceptors (Lipinski definition) is 3. The minimum absolute atomic E-state index is 0.0506. The van der Waals surface area contributed by atoms with Crippen molar-refractivity contribution in [1.29, 1.82) is 0 Å². The Hall–Kier alpha value is -1.42. The van der Waals surface area contributed by atoms with Gasteiger partial charge in [0.25, 0.3) is 5.56 Å². The molecule has 0 aromatic carbocycles. The number of rotatable bonds is 5. The number of aryl methyl sites for hydroxylation is 1. The zero-order valence-electron chi connectivity index (χ0n) is 8.36. The molecule has 0 fully saturated rings. The molecule has 1 rings (SSSR count). The molecular weight excluding hydrogens is 178 g/mol. The van der Waals surface area contributed by atoms with Gasteiger partial charge in [0, 0.05) is 19.2 Å². The van der Waals surface area contributed by atoms with Gasteiger partial charge < -0.3 is 5.32 Å². The second-order valence-electron chi connectivity index (χ2n) is 3.09. The van der Waals surface area contributed by atoms with Crippen LogP contribution in [0.2, 0.25) is 0 Å². The molecule has 1 aromatic heterocycles. The van der Waals surface area contributed by atoms with Crippen molar-refractivity contribution in [2.45, 2.75) is 13.5 Å². The van der Waals surface area contributed by atoms with Gasteiger partial charge in [0.2, 0.25) is 0 Å². The van der Waals surface area contributed by atoms with Crippen molar-refractivity contribution >= 4 is 0 Å². The maximum atomic E-state index is 11.4. The zero-order valence-corrected chi connectivity index (χ0v) is 8.36. The van der Waals surface area contributed by atoms with Crippen LogP contribution in [0.4, 0.5) is 0 Å². The van der Waals surface area contributed by atoms with Gasteiger partial charge in [-0.15, -0.1) is 6.58 Å². The Balaban J connectivity index is 2.51. The van der Waals surface area contributed by atoms with Gasteiger partial charge in [-0.1, -0.05) is 6.08 Å². The van der Waals surface area contributed by atoms with E-state index < -0.39 is 0 Å². The monoisotopic (exact) mass is 193 g/mol. The Bertz CT molecular complexity index is 357. The topological polar surface area (TPSA) is 46.9 Å². The van der Waals surface area contributed by atoms with Crippen molar-refractivity contribution in [3.05, 3.63) is 40.8 Å². The van der Waals surface area contributed by atoms with E-state index in [1.165, 1.54) is 4.68 Å². The summed E-state index contributed by atoms with van der Waals surface area (Å²) >= 11 is 0. The fraction of sp³-hybridized carbons (Fsp3) is 0.400. The molecule has 0 atom stereocenters. The van der Waals surface area contributed by atoms with Gasteiger partial charge in [0.15, 0.2) is 0 Å². The molecule has 1 heterocycles. The third kappa shape index (κ3) is 3.14. The predicted molar refractivity (Wildman–Crippen MR) is 56.3 cm³/mol. The highest BCUT2D eigenvalue weighted by atomic mass is 16.1. The number of aromatic nitrogens is 2. The molecule has 76 valence electrons. The number of hydrogen-bond donors (Lipinski definition) is 1. The average molecular weight is 193 g/mol. The van der Waals surface area contributed by atoms with E-state index in [1.807, 2.05) is 6.92 Å². The normalized spacial score (nSPS) is 10.1. The fourth-order valence-electron chi connectivity index (χ4n) is 1.08. The van der Waals surface area contributed by atoms with Crippen LogP contribution in [-0.2, 0) is 6.54 Å². The fourth-order valence-corrected chi connectivity index (χ4v) is 1.08. The van der Waals surface area contributed by atoms with Crippen LogP contribution in [0, 0.1) is 6.92 Å². The van der Waals surface area contributed by atoms with E-state index in [1.54, 1.807) is 18.3 Å². The summed E-state index contributed by atoms with van der Waals surface area (Å²) < 4.78 is 1.45. The third-order valence-electron chi connectivity index (χ3n) is 1.80.